The second-order valence-corrected chi connectivity index (χ2v) is 7.39. The van der Waals surface area contributed by atoms with Gasteiger partial charge in [0, 0.05) is 20.1 Å². The molecule has 0 radical (unpaired) electrons. The molecule has 0 heterocycles. The van der Waals surface area contributed by atoms with Gasteiger partial charge in [0.2, 0.25) is 0 Å². The fraction of sp³-hybridized carbons (Fsp3) is 0.600. The molecule has 0 saturated heterocycles. The van der Waals surface area contributed by atoms with Crippen LogP contribution in [0.2, 0.25) is 0 Å². The Morgan fingerprint density at radius 2 is 1.96 bits per heavy atom. The Bertz CT molecular complexity index is 542. The lowest BCUT2D eigenvalue weighted by atomic mass is 9.79. The quantitative estimate of drug-likeness (QED) is 0.385. The van der Waals surface area contributed by atoms with Crippen LogP contribution in [-0.4, -0.2) is 43.3 Å². The van der Waals surface area contributed by atoms with Gasteiger partial charge in [-0.25, -0.2) is 0 Å². The second kappa shape index (κ2) is 9.56. The van der Waals surface area contributed by atoms with Gasteiger partial charge in [0.05, 0.1) is 0 Å². The molecule has 138 valence electrons. The summed E-state index contributed by atoms with van der Waals surface area (Å²) in [6.07, 6.45) is 8.00. The Hall–Kier alpha value is -1.88. The van der Waals surface area contributed by atoms with E-state index in [2.05, 4.69) is 27.7 Å². The zero-order valence-electron chi connectivity index (χ0n) is 15.6. The number of carbonyl (C=O) groups is 1. The number of hydrogen-bond acceptors (Lipinski definition) is 3. The number of likely N-dealkylation sites (N-methyl/N-ethyl adjacent to an activating group) is 1. The molecule has 3 N–H and O–H groups in total. The van der Waals surface area contributed by atoms with Gasteiger partial charge < -0.3 is 15.4 Å². The van der Waals surface area contributed by atoms with Crippen LogP contribution in [0, 0.1) is 11.3 Å². The fourth-order valence-electron chi connectivity index (χ4n) is 3.92. The molecule has 0 amide bonds. The summed E-state index contributed by atoms with van der Waals surface area (Å²) in [6.45, 7) is 1.38. The molecule has 1 atom stereocenters. The first-order chi connectivity index (χ1) is 12.1. The molecule has 1 unspecified atom stereocenters. The molecule has 1 aliphatic rings. The first-order valence-corrected chi connectivity index (χ1v) is 9.30. The largest absolute Gasteiger partial charge is 0.360 e. The minimum absolute atomic E-state index is 0.205. The van der Waals surface area contributed by atoms with Gasteiger partial charge >= 0.3 is 0 Å². The molecular weight excluding hydrogens is 312 g/mol. The summed E-state index contributed by atoms with van der Waals surface area (Å²) in [5, 5.41) is 13.9. The molecule has 0 aromatic heterocycles. The van der Waals surface area contributed by atoms with Crippen LogP contribution in [0.25, 0.3) is 0 Å². The Labute approximate surface area is 151 Å². The van der Waals surface area contributed by atoms with E-state index in [0.717, 1.165) is 19.3 Å². The number of benzene rings is 1. The molecular formula is C20H32N4O. The van der Waals surface area contributed by atoms with E-state index < -0.39 is 5.54 Å². The number of carbonyl (C=O) groups excluding carboxylic acids is 1. The highest BCUT2D eigenvalue weighted by Crippen LogP contribution is 2.30. The minimum Gasteiger partial charge on any atom is -0.360 e. The van der Waals surface area contributed by atoms with E-state index >= 15 is 0 Å². The lowest BCUT2D eigenvalue weighted by Crippen LogP contribution is -2.59. The lowest BCUT2D eigenvalue weighted by Gasteiger charge is -2.37. The zero-order chi connectivity index (χ0) is 18.1. The van der Waals surface area contributed by atoms with Gasteiger partial charge in [0.1, 0.15) is 11.8 Å². The van der Waals surface area contributed by atoms with Crippen molar-refractivity contribution in [2.75, 3.05) is 20.6 Å². The first-order valence-electron chi connectivity index (χ1n) is 9.30. The molecule has 1 aromatic carbocycles. The summed E-state index contributed by atoms with van der Waals surface area (Å²) in [5.41, 5.74) is 0.511. The van der Waals surface area contributed by atoms with E-state index in [1.165, 1.54) is 37.7 Å². The highest BCUT2D eigenvalue weighted by molar-refractivity contribution is 5.82. The molecule has 25 heavy (non-hydrogen) atoms. The average molecular weight is 345 g/mol. The Morgan fingerprint density at radius 3 is 2.56 bits per heavy atom. The average Bonchev–Trinajstić information content (AvgIpc) is 2.63. The normalized spacial score (nSPS) is 17.7. The highest BCUT2D eigenvalue weighted by Gasteiger charge is 2.35. The number of aldehydes is 1. The molecule has 5 heteroatoms. The molecule has 0 spiro atoms. The standard InChI is InChI=1S/C20H32N4O/c1-22-19(21)23-20(16-25,13-17-9-5-3-6-10-17)15-24(2)14-18-11-7-4-8-12-18/h4,7-8,11-12,16-17H,3,5-6,9-10,13-15H2,1-2H3,(H3,21,22,23). The van der Waals surface area contributed by atoms with Gasteiger partial charge in [-0.05, 0) is 24.9 Å². The molecule has 1 saturated carbocycles. The molecule has 0 aliphatic heterocycles. The van der Waals surface area contributed by atoms with Crippen LogP contribution in [0.15, 0.2) is 30.3 Å². The number of guanidine groups is 1. The number of nitrogens with zero attached hydrogens (tertiary/aromatic N) is 1. The summed E-state index contributed by atoms with van der Waals surface area (Å²) in [5.74, 6) is 0.761. The predicted octanol–water partition coefficient (Wildman–Crippen LogP) is 2.77. The van der Waals surface area contributed by atoms with E-state index in [1.807, 2.05) is 25.2 Å². The molecule has 0 bridgehead atoms. The maximum Gasteiger partial charge on any atom is 0.188 e. The van der Waals surface area contributed by atoms with E-state index in [-0.39, 0.29) is 5.96 Å². The summed E-state index contributed by atoms with van der Waals surface area (Å²) >= 11 is 0. The van der Waals surface area contributed by atoms with Crippen molar-refractivity contribution in [2.45, 2.75) is 50.6 Å². The van der Waals surface area contributed by atoms with Crippen LogP contribution in [0.5, 0.6) is 0 Å². The third kappa shape index (κ3) is 6.16. The summed E-state index contributed by atoms with van der Waals surface area (Å²) < 4.78 is 0. The third-order valence-electron chi connectivity index (χ3n) is 5.07. The van der Waals surface area contributed by atoms with Crippen LogP contribution in [-0.2, 0) is 11.3 Å². The van der Waals surface area contributed by atoms with Crippen molar-refractivity contribution in [1.82, 2.24) is 15.5 Å². The zero-order valence-corrected chi connectivity index (χ0v) is 15.6. The Kier molecular flexibility index (Phi) is 7.44. The van der Waals surface area contributed by atoms with Gasteiger partial charge in [-0.1, -0.05) is 62.4 Å². The number of rotatable bonds is 8. The van der Waals surface area contributed by atoms with Crippen molar-refractivity contribution in [1.29, 1.82) is 5.41 Å². The molecule has 1 aliphatic carbocycles. The van der Waals surface area contributed by atoms with Crippen molar-refractivity contribution in [3.05, 3.63) is 35.9 Å². The maximum atomic E-state index is 12.1. The third-order valence-corrected chi connectivity index (χ3v) is 5.07. The van der Waals surface area contributed by atoms with Crippen molar-refractivity contribution >= 4 is 12.2 Å². The molecule has 1 aromatic rings. The topological polar surface area (TPSA) is 68.2 Å². The van der Waals surface area contributed by atoms with Crippen LogP contribution in [0.3, 0.4) is 0 Å². The van der Waals surface area contributed by atoms with E-state index in [4.69, 9.17) is 5.41 Å². The van der Waals surface area contributed by atoms with Gasteiger partial charge in [-0.3, -0.25) is 10.3 Å². The van der Waals surface area contributed by atoms with Gasteiger partial charge in [-0.2, -0.15) is 0 Å². The first kappa shape index (κ1) is 19.4. The number of hydrogen-bond donors (Lipinski definition) is 3. The lowest BCUT2D eigenvalue weighted by molar-refractivity contribution is -0.114. The smallest absolute Gasteiger partial charge is 0.188 e. The summed E-state index contributed by atoms with van der Waals surface area (Å²) in [7, 11) is 3.75. The van der Waals surface area contributed by atoms with Crippen molar-refractivity contribution in [3.63, 3.8) is 0 Å². The Morgan fingerprint density at radius 1 is 1.28 bits per heavy atom. The second-order valence-electron chi connectivity index (χ2n) is 7.39. The monoisotopic (exact) mass is 344 g/mol. The molecule has 1 fully saturated rings. The molecule has 2 rings (SSSR count). The van der Waals surface area contributed by atoms with Gasteiger partial charge in [0.25, 0.3) is 0 Å². The predicted molar refractivity (Wildman–Crippen MR) is 103 cm³/mol. The van der Waals surface area contributed by atoms with Crippen LogP contribution in [0.1, 0.15) is 44.1 Å². The van der Waals surface area contributed by atoms with Crippen molar-refractivity contribution in [2.24, 2.45) is 5.92 Å². The van der Waals surface area contributed by atoms with Crippen LogP contribution < -0.4 is 10.6 Å². The van der Waals surface area contributed by atoms with E-state index in [9.17, 15) is 4.79 Å². The van der Waals surface area contributed by atoms with Crippen molar-refractivity contribution in [3.8, 4) is 0 Å². The van der Waals surface area contributed by atoms with Crippen molar-refractivity contribution < 1.29 is 4.79 Å². The highest BCUT2D eigenvalue weighted by atomic mass is 16.1. The van der Waals surface area contributed by atoms with E-state index in [0.29, 0.717) is 12.5 Å². The van der Waals surface area contributed by atoms with Crippen LogP contribution in [0.4, 0.5) is 0 Å². The maximum absolute atomic E-state index is 12.1. The van der Waals surface area contributed by atoms with Gasteiger partial charge in [-0.15, -0.1) is 0 Å². The number of nitrogens with one attached hydrogen (secondary N) is 3. The SMILES string of the molecule is CNC(=N)NC(C=O)(CC1CCCCC1)CN(C)Cc1ccccc1. The molecule has 5 nitrogen and oxygen atoms in total. The fourth-order valence-corrected chi connectivity index (χ4v) is 3.92. The van der Waals surface area contributed by atoms with Crippen LogP contribution >= 0.6 is 0 Å². The Balaban J connectivity index is 2.08. The summed E-state index contributed by atoms with van der Waals surface area (Å²) in [6, 6.07) is 10.3. The minimum atomic E-state index is -0.717. The summed E-state index contributed by atoms with van der Waals surface area (Å²) in [4.78, 5) is 14.3. The van der Waals surface area contributed by atoms with E-state index in [1.54, 1.807) is 7.05 Å². The van der Waals surface area contributed by atoms with Gasteiger partial charge in [0.15, 0.2) is 5.96 Å².